The van der Waals surface area contributed by atoms with Crippen molar-refractivity contribution < 1.29 is 13.5 Å². The van der Waals surface area contributed by atoms with Crippen molar-refractivity contribution in [2.45, 2.75) is 25.8 Å². The average molecular weight is 193 g/mol. The van der Waals surface area contributed by atoms with Crippen LogP contribution in [0.15, 0.2) is 0 Å². The van der Waals surface area contributed by atoms with E-state index in [9.17, 15) is 8.42 Å². The lowest BCUT2D eigenvalue weighted by atomic mass is 10.2. The molecule has 4 nitrogen and oxygen atoms in total. The zero-order chi connectivity index (χ0) is 9.19. The minimum absolute atomic E-state index is 0.0563. The summed E-state index contributed by atoms with van der Waals surface area (Å²) in [5.41, 5.74) is 0. The summed E-state index contributed by atoms with van der Waals surface area (Å²) in [4.78, 5) is 0. The zero-order valence-electron chi connectivity index (χ0n) is 7.23. The number of hydrogen-bond donors (Lipinski definition) is 1. The van der Waals surface area contributed by atoms with Gasteiger partial charge in [0, 0.05) is 12.6 Å². The molecule has 1 atom stereocenters. The average Bonchev–Trinajstić information content (AvgIpc) is 2.52. The number of rotatable bonds is 3. The van der Waals surface area contributed by atoms with Gasteiger partial charge in [-0.1, -0.05) is 0 Å². The SMILES string of the molecule is CCS(=O)(=O)N1CCC[C@H]1CO. The van der Waals surface area contributed by atoms with Crippen molar-refractivity contribution in [2.24, 2.45) is 0 Å². The van der Waals surface area contributed by atoms with Crippen LogP contribution in [0.25, 0.3) is 0 Å². The lowest BCUT2D eigenvalue weighted by Gasteiger charge is -2.21. The van der Waals surface area contributed by atoms with Crippen LogP contribution in [0, 0.1) is 0 Å². The molecule has 72 valence electrons. The first-order chi connectivity index (χ1) is 5.61. The Hall–Kier alpha value is -0.130. The van der Waals surface area contributed by atoms with Gasteiger partial charge in [0.2, 0.25) is 10.0 Å². The number of sulfonamides is 1. The maximum atomic E-state index is 11.4. The normalized spacial score (nSPS) is 26.3. The molecular formula is C7H15NO3S. The number of aliphatic hydroxyl groups excluding tert-OH is 1. The van der Waals surface area contributed by atoms with Crippen molar-refractivity contribution in [3.63, 3.8) is 0 Å². The Labute approximate surface area is 73.2 Å². The zero-order valence-corrected chi connectivity index (χ0v) is 8.05. The standard InChI is InChI=1S/C7H15NO3S/c1-2-12(10,11)8-5-3-4-7(8)6-9/h7,9H,2-6H2,1H3/t7-/m0/s1. The van der Waals surface area contributed by atoms with Gasteiger partial charge in [-0.15, -0.1) is 0 Å². The van der Waals surface area contributed by atoms with Crippen molar-refractivity contribution >= 4 is 10.0 Å². The molecular weight excluding hydrogens is 178 g/mol. The maximum absolute atomic E-state index is 11.4. The molecule has 5 heteroatoms. The Morgan fingerprint density at radius 3 is 2.75 bits per heavy atom. The molecule has 1 fully saturated rings. The summed E-state index contributed by atoms with van der Waals surface area (Å²) in [5.74, 6) is 0.128. The predicted molar refractivity (Wildman–Crippen MR) is 46.3 cm³/mol. The topological polar surface area (TPSA) is 57.6 Å². The van der Waals surface area contributed by atoms with Crippen LogP contribution in [-0.2, 0) is 10.0 Å². The highest BCUT2D eigenvalue weighted by Gasteiger charge is 2.32. The van der Waals surface area contributed by atoms with Crippen LogP contribution in [0.1, 0.15) is 19.8 Å². The van der Waals surface area contributed by atoms with E-state index in [1.165, 1.54) is 4.31 Å². The van der Waals surface area contributed by atoms with E-state index in [0.29, 0.717) is 6.54 Å². The van der Waals surface area contributed by atoms with Crippen molar-refractivity contribution in [2.75, 3.05) is 18.9 Å². The van der Waals surface area contributed by atoms with Crippen LogP contribution in [0.3, 0.4) is 0 Å². The summed E-state index contributed by atoms with van der Waals surface area (Å²) in [7, 11) is -3.09. The molecule has 1 aliphatic heterocycles. The van der Waals surface area contributed by atoms with Crippen LogP contribution in [0.4, 0.5) is 0 Å². The fourth-order valence-electron chi connectivity index (χ4n) is 1.52. The van der Waals surface area contributed by atoms with E-state index in [1.54, 1.807) is 6.92 Å². The minimum Gasteiger partial charge on any atom is -0.395 e. The van der Waals surface area contributed by atoms with E-state index in [4.69, 9.17) is 5.11 Å². The third-order valence-electron chi connectivity index (χ3n) is 2.26. The van der Waals surface area contributed by atoms with Gasteiger partial charge in [0.05, 0.1) is 12.4 Å². The number of aliphatic hydroxyl groups is 1. The van der Waals surface area contributed by atoms with Gasteiger partial charge in [-0.25, -0.2) is 8.42 Å². The van der Waals surface area contributed by atoms with Gasteiger partial charge in [0.25, 0.3) is 0 Å². The van der Waals surface area contributed by atoms with Crippen molar-refractivity contribution in [3.05, 3.63) is 0 Å². The Bertz CT molecular complexity index is 237. The van der Waals surface area contributed by atoms with Crippen LogP contribution in [0.5, 0.6) is 0 Å². The first-order valence-corrected chi connectivity index (χ1v) is 5.83. The molecule has 12 heavy (non-hydrogen) atoms. The summed E-state index contributed by atoms with van der Waals surface area (Å²) < 4.78 is 24.2. The van der Waals surface area contributed by atoms with E-state index in [0.717, 1.165) is 12.8 Å². The first-order valence-electron chi connectivity index (χ1n) is 4.22. The molecule has 1 heterocycles. The van der Waals surface area contributed by atoms with Crippen molar-refractivity contribution in [3.8, 4) is 0 Å². The molecule has 0 aromatic rings. The molecule has 0 radical (unpaired) electrons. The van der Waals surface area contributed by atoms with Gasteiger partial charge in [-0.3, -0.25) is 0 Å². The third kappa shape index (κ3) is 1.78. The number of hydrogen-bond acceptors (Lipinski definition) is 3. The molecule has 0 spiro atoms. The second-order valence-corrected chi connectivity index (χ2v) is 5.20. The summed E-state index contributed by atoms with van der Waals surface area (Å²) >= 11 is 0. The molecule has 0 unspecified atom stereocenters. The van der Waals surface area contributed by atoms with Gasteiger partial charge in [0.1, 0.15) is 0 Å². The highest BCUT2D eigenvalue weighted by atomic mass is 32.2. The number of nitrogens with zero attached hydrogens (tertiary/aromatic N) is 1. The quantitative estimate of drug-likeness (QED) is 0.675. The Balaban J connectivity index is 2.74. The highest BCUT2D eigenvalue weighted by molar-refractivity contribution is 7.89. The van der Waals surface area contributed by atoms with E-state index in [1.807, 2.05) is 0 Å². The van der Waals surface area contributed by atoms with Crippen molar-refractivity contribution in [1.29, 1.82) is 0 Å². The predicted octanol–water partition coefficient (Wildman–Crippen LogP) is -0.207. The summed E-state index contributed by atoms with van der Waals surface area (Å²) in [6.07, 6.45) is 1.65. The highest BCUT2D eigenvalue weighted by Crippen LogP contribution is 2.20. The monoisotopic (exact) mass is 193 g/mol. The lowest BCUT2D eigenvalue weighted by Crippen LogP contribution is -2.38. The molecule has 0 aliphatic carbocycles. The van der Waals surface area contributed by atoms with Gasteiger partial charge >= 0.3 is 0 Å². The first kappa shape index (κ1) is 9.95. The fourth-order valence-corrected chi connectivity index (χ4v) is 2.89. The van der Waals surface area contributed by atoms with Gasteiger partial charge in [-0.2, -0.15) is 4.31 Å². The Morgan fingerprint density at radius 2 is 2.25 bits per heavy atom. The molecule has 1 rings (SSSR count). The summed E-state index contributed by atoms with van der Waals surface area (Å²) in [6.45, 7) is 2.14. The van der Waals surface area contributed by atoms with E-state index < -0.39 is 10.0 Å². The smallest absolute Gasteiger partial charge is 0.214 e. The van der Waals surface area contributed by atoms with E-state index in [-0.39, 0.29) is 18.4 Å². The second kappa shape index (κ2) is 3.72. The summed E-state index contributed by atoms with van der Waals surface area (Å²) in [6, 6.07) is -0.171. The van der Waals surface area contributed by atoms with Gasteiger partial charge in [-0.05, 0) is 19.8 Å². The fraction of sp³-hybridized carbons (Fsp3) is 1.00. The molecule has 0 aromatic heterocycles. The van der Waals surface area contributed by atoms with Gasteiger partial charge in [0.15, 0.2) is 0 Å². The second-order valence-electron chi connectivity index (χ2n) is 2.99. The minimum atomic E-state index is -3.09. The van der Waals surface area contributed by atoms with Gasteiger partial charge < -0.3 is 5.11 Å². The van der Waals surface area contributed by atoms with Crippen LogP contribution >= 0.6 is 0 Å². The molecule has 0 saturated carbocycles. The molecule has 0 aromatic carbocycles. The van der Waals surface area contributed by atoms with E-state index in [2.05, 4.69) is 0 Å². The molecule has 1 N–H and O–H groups in total. The van der Waals surface area contributed by atoms with Crippen LogP contribution < -0.4 is 0 Å². The van der Waals surface area contributed by atoms with Crippen LogP contribution in [-0.4, -0.2) is 42.8 Å². The lowest BCUT2D eigenvalue weighted by molar-refractivity contribution is 0.213. The van der Waals surface area contributed by atoms with Crippen molar-refractivity contribution in [1.82, 2.24) is 4.31 Å². The Kier molecular flexibility index (Phi) is 3.09. The molecule has 0 bridgehead atoms. The molecule has 1 aliphatic rings. The van der Waals surface area contributed by atoms with E-state index >= 15 is 0 Å². The third-order valence-corrected chi connectivity index (χ3v) is 4.18. The largest absolute Gasteiger partial charge is 0.395 e. The molecule has 1 saturated heterocycles. The summed E-state index contributed by atoms with van der Waals surface area (Å²) in [5, 5.41) is 8.89. The molecule has 0 amide bonds. The van der Waals surface area contributed by atoms with Crippen LogP contribution in [0.2, 0.25) is 0 Å². The Morgan fingerprint density at radius 1 is 1.58 bits per heavy atom. The maximum Gasteiger partial charge on any atom is 0.214 e.